The average Bonchev–Trinajstić information content (AvgIpc) is 2.38. The number of hydrogen-bond donors (Lipinski definition) is 1. The highest BCUT2D eigenvalue weighted by molar-refractivity contribution is 6.42. The topological polar surface area (TPSA) is 12.0 Å². The molecule has 0 aromatic heterocycles. The first-order chi connectivity index (χ1) is 8.63. The van der Waals surface area contributed by atoms with Crippen LogP contribution in [0.1, 0.15) is 51.1 Å². The summed E-state index contributed by atoms with van der Waals surface area (Å²) in [7, 11) is 2.02. The molecule has 0 amide bonds. The molecule has 0 aliphatic heterocycles. The van der Waals surface area contributed by atoms with Crippen LogP contribution in [0.2, 0.25) is 10.0 Å². The monoisotopic (exact) mass is 287 g/mol. The molecule has 0 bridgehead atoms. The fourth-order valence-electron chi connectivity index (χ4n) is 2.45. The van der Waals surface area contributed by atoms with E-state index in [4.69, 9.17) is 23.2 Å². The zero-order valence-corrected chi connectivity index (χ0v) is 13.0. The molecule has 1 aromatic carbocycles. The largest absolute Gasteiger partial charge is 0.313 e. The van der Waals surface area contributed by atoms with Gasteiger partial charge in [-0.15, -0.1) is 0 Å². The summed E-state index contributed by atoms with van der Waals surface area (Å²) in [5, 5.41) is 4.68. The first-order valence-electron chi connectivity index (χ1n) is 6.76. The summed E-state index contributed by atoms with van der Waals surface area (Å²) in [4.78, 5) is 0. The van der Waals surface area contributed by atoms with Crippen molar-refractivity contribution in [1.82, 2.24) is 5.32 Å². The maximum absolute atomic E-state index is 6.11. The second kappa shape index (κ2) is 8.04. The molecule has 18 heavy (non-hydrogen) atoms. The zero-order valence-electron chi connectivity index (χ0n) is 11.5. The van der Waals surface area contributed by atoms with Gasteiger partial charge in [-0.3, -0.25) is 0 Å². The lowest BCUT2D eigenvalue weighted by molar-refractivity contribution is 0.339. The summed E-state index contributed by atoms with van der Waals surface area (Å²) >= 11 is 12.1. The highest BCUT2D eigenvalue weighted by Crippen LogP contribution is 2.32. The molecule has 0 aliphatic rings. The van der Waals surface area contributed by atoms with Gasteiger partial charge in [-0.05, 0) is 37.1 Å². The summed E-state index contributed by atoms with van der Waals surface area (Å²) in [5.74, 6) is 0.646. The van der Waals surface area contributed by atoms with Crippen molar-refractivity contribution in [2.45, 2.75) is 45.6 Å². The van der Waals surface area contributed by atoms with E-state index in [9.17, 15) is 0 Å². The number of rotatable bonds is 7. The van der Waals surface area contributed by atoms with Gasteiger partial charge in [0.25, 0.3) is 0 Å². The highest BCUT2D eigenvalue weighted by Gasteiger charge is 2.20. The minimum atomic E-state index is 0.358. The lowest BCUT2D eigenvalue weighted by atomic mass is 9.87. The summed E-state index contributed by atoms with van der Waals surface area (Å²) in [6.07, 6.45) is 4.94. The van der Waals surface area contributed by atoms with Crippen molar-refractivity contribution in [3.05, 3.63) is 33.8 Å². The Labute approximate surface area is 121 Å². The van der Waals surface area contributed by atoms with E-state index in [0.29, 0.717) is 22.0 Å². The Bertz CT molecular complexity index is 366. The van der Waals surface area contributed by atoms with Gasteiger partial charge in [0.1, 0.15) is 0 Å². The van der Waals surface area contributed by atoms with Gasteiger partial charge in [0.05, 0.1) is 10.0 Å². The fourth-order valence-corrected chi connectivity index (χ4v) is 2.76. The van der Waals surface area contributed by atoms with Gasteiger partial charge in [-0.1, -0.05) is 62.4 Å². The number of nitrogens with one attached hydrogen (secondary N) is 1. The van der Waals surface area contributed by atoms with Crippen LogP contribution in [0.5, 0.6) is 0 Å². The average molecular weight is 288 g/mol. The van der Waals surface area contributed by atoms with Crippen molar-refractivity contribution in [2.24, 2.45) is 5.92 Å². The molecule has 1 nitrogen and oxygen atoms in total. The minimum absolute atomic E-state index is 0.358. The van der Waals surface area contributed by atoms with Gasteiger partial charge >= 0.3 is 0 Å². The number of hydrogen-bond acceptors (Lipinski definition) is 1. The second-order valence-electron chi connectivity index (χ2n) is 4.75. The third-order valence-corrected chi connectivity index (χ3v) is 4.28. The van der Waals surface area contributed by atoms with Crippen molar-refractivity contribution in [1.29, 1.82) is 0 Å². The SMILES string of the molecule is CCCCC(CC)C(NC)c1ccc(Cl)c(Cl)c1. The van der Waals surface area contributed by atoms with Gasteiger partial charge in [-0.25, -0.2) is 0 Å². The number of halogens is 2. The normalized spacial score (nSPS) is 14.5. The molecule has 1 aromatic rings. The van der Waals surface area contributed by atoms with Crippen LogP contribution in [0.3, 0.4) is 0 Å². The molecule has 102 valence electrons. The molecular weight excluding hydrogens is 265 g/mol. The molecule has 0 fully saturated rings. The van der Waals surface area contributed by atoms with Crippen LogP contribution in [0.15, 0.2) is 18.2 Å². The Hall–Kier alpha value is -0.240. The van der Waals surface area contributed by atoms with Crippen LogP contribution in [0.25, 0.3) is 0 Å². The molecule has 0 aliphatic carbocycles. The Kier molecular flexibility index (Phi) is 7.06. The molecule has 0 saturated heterocycles. The zero-order chi connectivity index (χ0) is 13.5. The van der Waals surface area contributed by atoms with E-state index in [1.165, 1.54) is 31.2 Å². The van der Waals surface area contributed by atoms with Crippen molar-refractivity contribution >= 4 is 23.2 Å². The second-order valence-corrected chi connectivity index (χ2v) is 5.56. The Balaban J connectivity index is 2.88. The van der Waals surface area contributed by atoms with Crippen molar-refractivity contribution < 1.29 is 0 Å². The maximum Gasteiger partial charge on any atom is 0.0595 e. The Morgan fingerprint density at radius 3 is 2.39 bits per heavy atom. The molecule has 0 heterocycles. The predicted molar refractivity (Wildman–Crippen MR) is 81.6 cm³/mol. The molecule has 2 unspecified atom stereocenters. The van der Waals surface area contributed by atoms with E-state index in [0.717, 1.165) is 0 Å². The predicted octanol–water partition coefficient (Wildman–Crippen LogP) is 5.47. The summed E-state index contributed by atoms with van der Waals surface area (Å²) in [5.41, 5.74) is 1.23. The van der Waals surface area contributed by atoms with Crippen LogP contribution in [0.4, 0.5) is 0 Å². The summed E-state index contributed by atoms with van der Waals surface area (Å²) in [6, 6.07) is 6.30. The van der Waals surface area contributed by atoms with Gasteiger partial charge in [0.15, 0.2) is 0 Å². The van der Waals surface area contributed by atoms with Crippen LogP contribution in [-0.4, -0.2) is 7.05 Å². The highest BCUT2D eigenvalue weighted by atomic mass is 35.5. The minimum Gasteiger partial charge on any atom is -0.313 e. The van der Waals surface area contributed by atoms with E-state index in [1.807, 2.05) is 19.2 Å². The van der Waals surface area contributed by atoms with E-state index in [2.05, 4.69) is 25.2 Å². The molecule has 1 rings (SSSR count). The van der Waals surface area contributed by atoms with Gasteiger partial charge in [0.2, 0.25) is 0 Å². The molecule has 0 radical (unpaired) electrons. The molecule has 3 heteroatoms. The number of benzene rings is 1. The van der Waals surface area contributed by atoms with Crippen LogP contribution in [-0.2, 0) is 0 Å². The van der Waals surface area contributed by atoms with Crippen LogP contribution >= 0.6 is 23.2 Å². The number of unbranched alkanes of at least 4 members (excludes halogenated alkanes) is 1. The fraction of sp³-hybridized carbons (Fsp3) is 0.600. The third-order valence-electron chi connectivity index (χ3n) is 3.54. The van der Waals surface area contributed by atoms with E-state index >= 15 is 0 Å². The van der Waals surface area contributed by atoms with Gasteiger partial charge < -0.3 is 5.32 Å². The van der Waals surface area contributed by atoms with Crippen LogP contribution < -0.4 is 5.32 Å². The lowest BCUT2D eigenvalue weighted by Crippen LogP contribution is -2.25. The van der Waals surface area contributed by atoms with Crippen molar-refractivity contribution in [2.75, 3.05) is 7.05 Å². The van der Waals surface area contributed by atoms with Crippen molar-refractivity contribution in [3.63, 3.8) is 0 Å². The summed E-state index contributed by atoms with van der Waals surface area (Å²) in [6.45, 7) is 4.49. The molecular formula is C15H23Cl2N. The van der Waals surface area contributed by atoms with E-state index < -0.39 is 0 Å². The molecule has 2 atom stereocenters. The van der Waals surface area contributed by atoms with Gasteiger partial charge in [0, 0.05) is 6.04 Å². The summed E-state index contributed by atoms with van der Waals surface area (Å²) < 4.78 is 0. The van der Waals surface area contributed by atoms with Gasteiger partial charge in [-0.2, -0.15) is 0 Å². The smallest absolute Gasteiger partial charge is 0.0595 e. The molecule has 1 N–H and O–H groups in total. The Morgan fingerprint density at radius 2 is 1.89 bits per heavy atom. The maximum atomic E-state index is 6.11. The van der Waals surface area contributed by atoms with Crippen molar-refractivity contribution in [3.8, 4) is 0 Å². The quantitative estimate of drug-likeness (QED) is 0.701. The molecule has 0 saturated carbocycles. The first-order valence-corrected chi connectivity index (χ1v) is 7.51. The first kappa shape index (κ1) is 15.8. The standard InChI is InChI=1S/C15H23Cl2N/c1-4-6-7-11(5-2)15(18-3)12-8-9-13(16)14(17)10-12/h8-11,15,18H,4-7H2,1-3H3. The molecule has 0 spiro atoms. The lowest BCUT2D eigenvalue weighted by Gasteiger charge is -2.26. The third kappa shape index (κ3) is 4.15. The van der Waals surface area contributed by atoms with E-state index in [-0.39, 0.29) is 0 Å². The Morgan fingerprint density at radius 1 is 1.17 bits per heavy atom. The van der Waals surface area contributed by atoms with Crippen LogP contribution in [0, 0.1) is 5.92 Å². The van der Waals surface area contributed by atoms with E-state index in [1.54, 1.807) is 0 Å².